The molecule has 0 amide bonds. The zero-order chi connectivity index (χ0) is 17.8. The standard InChI is InChI=1S/C21H40O3/c1-5-6-11-14-19-17(2)18(3)20(24-19)15-12-9-7-8-10-13-16-21(22)23-4/h17-20H,5-16H2,1-4H3/t17-,18-,19+,20+/m0/s1. The molecule has 1 saturated heterocycles. The summed E-state index contributed by atoms with van der Waals surface area (Å²) in [5.74, 6) is 1.34. The fraction of sp³-hybridized carbons (Fsp3) is 0.952. The smallest absolute Gasteiger partial charge is 0.305 e. The van der Waals surface area contributed by atoms with E-state index in [1.165, 1.54) is 64.9 Å². The zero-order valence-electron chi connectivity index (χ0n) is 16.5. The Morgan fingerprint density at radius 2 is 1.33 bits per heavy atom. The lowest BCUT2D eigenvalue weighted by Crippen LogP contribution is -2.16. The fourth-order valence-corrected chi connectivity index (χ4v) is 3.83. The third kappa shape index (κ3) is 8.00. The van der Waals surface area contributed by atoms with E-state index >= 15 is 0 Å². The number of ether oxygens (including phenoxy) is 2. The van der Waals surface area contributed by atoms with E-state index in [0.717, 1.165) is 12.8 Å². The molecule has 0 aromatic carbocycles. The van der Waals surface area contributed by atoms with E-state index in [1.54, 1.807) is 0 Å². The highest BCUT2D eigenvalue weighted by atomic mass is 16.5. The minimum Gasteiger partial charge on any atom is -0.469 e. The Morgan fingerprint density at radius 1 is 0.833 bits per heavy atom. The number of hydrogen-bond acceptors (Lipinski definition) is 3. The molecule has 0 N–H and O–H groups in total. The molecule has 0 unspecified atom stereocenters. The summed E-state index contributed by atoms with van der Waals surface area (Å²) in [4.78, 5) is 11.0. The Morgan fingerprint density at radius 3 is 1.88 bits per heavy atom. The van der Waals surface area contributed by atoms with Crippen molar-refractivity contribution in [3.63, 3.8) is 0 Å². The molecule has 0 aliphatic carbocycles. The molecule has 0 bridgehead atoms. The van der Waals surface area contributed by atoms with Crippen LogP contribution in [0, 0.1) is 11.8 Å². The van der Waals surface area contributed by atoms with Gasteiger partial charge in [0, 0.05) is 6.42 Å². The van der Waals surface area contributed by atoms with Crippen LogP contribution in [0.5, 0.6) is 0 Å². The van der Waals surface area contributed by atoms with E-state index in [9.17, 15) is 4.79 Å². The minimum absolute atomic E-state index is 0.0787. The van der Waals surface area contributed by atoms with Crippen LogP contribution in [0.15, 0.2) is 0 Å². The van der Waals surface area contributed by atoms with Crippen molar-refractivity contribution >= 4 is 5.97 Å². The first-order valence-corrected chi connectivity index (χ1v) is 10.3. The maximum Gasteiger partial charge on any atom is 0.305 e. The van der Waals surface area contributed by atoms with Crippen molar-refractivity contribution in [3.8, 4) is 0 Å². The largest absolute Gasteiger partial charge is 0.469 e. The molecule has 3 heteroatoms. The average Bonchev–Trinajstić information content (AvgIpc) is 2.85. The highest BCUT2D eigenvalue weighted by molar-refractivity contribution is 5.68. The third-order valence-corrected chi connectivity index (χ3v) is 5.79. The van der Waals surface area contributed by atoms with Gasteiger partial charge in [0.15, 0.2) is 0 Å². The molecule has 4 atom stereocenters. The van der Waals surface area contributed by atoms with Crippen molar-refractivity contribution in [2.45, 2.75) is 110 Å². The molecule has 1 heterocycles. The molecule has 0 saturated carbocycles. The van der Waals surface area contributed by atoms with Gasteiger partial charge in [0.1, 0.15) is 0 Å². The molecule has 1 fully saturated rings. The number of unbranched alkanes of at least 4 members (excludes halogenated alkanes) is 7. The molecule has 0 aromatic heterocycles. The summed E-state index contributed by atoms with van der Waals surface area (Å²) in [6.45, 7) is 7.02. The van der Waals surface area contributed by atoms with Gasteiger partial charge in [-0.3, -0.25) is 4.79 Å². The van der Waals surface area contributed by atoms with Gasteiger partial charge in [0.25, 0.3) is 0 Å². The quantitative estimate of drug-likeness (QED) is 0.309. The summed E-state index contributed by atoms with van der Waals surface area (Å²) in [7, 11) is 1.46. The summed E-state index contributed by atoms with van der Waals surface area (Å²) >= 11 is 0. The summed E-state index contributed by atoms with van der Waals surface area (Å²) in [5, 5.41) is 0. The van der Waals surface area contributed by atoms with Gasteiger partial charge in [-0.1, -0.05) is 72.1 Å². The van der Waals surface area contributed by atoms with Crippen molar-refractivity contribution in [1.29, 1.82) is 0 Å². The Balaban J connectivity index is 2.05. The molecule has 142 valence electrons. The summed E-state index contributed by atoms with van der Waals surface area (Å²) in [6, 6.07) is 0. The van der Waals surface area contributed by atoms with Gasteiger partial charge in [-0.05, 0) is 31.1 Å². The predicted octanol–water partition coefficient (Wildman–Crippen LogP) is 5.90. The molecule has 0 spiro atoms. The van der Waals surface area contributed by atoms with Crippen molar-refractivity contribution in [2.24, 2.45) is 11.8 Å². The van der Waals surface area contributed by atoms with Crippen LogP contribution in [0.25, 0.3) is 0 Å². The monoisotopic (exact) mass is 340 g/mol. The molecule has 0 aromatic rings. The predicted molar refractivity (Wildman–Crippen MR) is 100 cm³/mol. The topological polar surface area (TPSA) is 35.5 Å². The molecular weight excluding hydrogens is 300 g/mol. The molecule has 3 nitrogen and oxygen atoms in total. The fourth-order valence-electron chi connectivity index (χ4n) is 3.83. The second-order valence-corrected chi connectivity index (χ2v) is 7.66. The van der Waals surface area contributed by atoms with Crippen LogP contribution >= 0.6 is 0 Å². The molecule has 1 aliphatic heterocycles. The highest BCUT2D eigenvalue weighted by Crippen LogP contribution is 2.37. The van der Waals surface area contributed by atoms with Gasteiger partial charge in [0.05, 0.1) is 19.3 Å². The zero-order valence-corrected chi connectivity index (χ0v) is 16.5. The lowest BCUT2D eigenvalue weighted by atomic mass is 9.87. The van der Waals surface area contributed by atoms with E-state index in [0.29, 0.717) is 30.5 Å². The third-order valence-electron chi connectivity index (χ3n) is 5.79. The SMILES string of the molecule is CCCCC[C@H]1O[C@H](CCCCCCCCC(=O)OC)[C@@H](C)[C@@H]1C. The summed E-state index contributed by atoms with van der Waals surface area (Å²) in [5.41, 5.74) is 0. The van der Waals surface area contributed by atoms with Gasteiger partial charge in [-0.25, -0.2) is 0 Å². The highest BCUT2D eigenvalue weighted by Gasteiger charge is 2.37. The second kappa shape index (κ2) is 12.7. The van der Waals surface area contributed by atoms with Crippen LogP contribution < -0.4 is 0 Å². The van der Waals surface area contributed by atoms with Gasteiger partial charge < -0.3 is 9.47 Å². The maximum absolute atomic E-state index is 11.0. The van der Waals surface area contributed by atoms with Crippen LogP contribution in [-0.4, -0.2) is 25.3 Å². The van der Waals surface area contributed by atoms with Crippen LogP contribution in [0.4, 0.5) is 0 Å². The number of carbonyl (C=O) groups is 1. The van der Waals surface area contributed by atoms with Crippen molar-refractivity contribution in [3.05, 3.63) is 0 Å². The Labute approximate surface area is 149 Å². The number of esters is 1. The number of hydrogen-bond donors (Lipinski definition) is 0. The first-order valence-electron chi connectivity index (χ1n) is 10.3. The van der Waals surface area contributed by atoms with Crippen molar-refractivity contribution in [2.75, 3.05) is 7.11 Å². The van der Waals surface area contributed by atoms with Gasteiger partial charge in [0.2, 0.25) is 0 Å². The van der Waals surface area contributed by atoms with E-state index in [1.807, 2.05) is 0 Å². The number of methoxy groups -OCH3 is 1. The van der Waals surface area contributed by atoms with Gasteiger partial charge in [-0.2, -0.15) is 0 Å². The lowest BCUT2D eigenvalue weighted by molar-refractivity contribution is -0.140. The molecule has 1 aliphatic rings. The normalized spacial score (nSPS) is 26.7. The molecule has 0 radical (unpaired) electrons. The Bertz CT molecular complexity index is 329. The van der Waals surface area contributed by atoms with E-state index in [-0.39, 0.29) is 5.97 Å². The van der Waals surface area contributed by atoms with Gasteiger partial charge >= 0.3 is 5.97 Å². The van der Waals surface area contributed by atoms with E-state index in [4.69, 9.17) is 4.74 Å². The summed E-state index contributed by atoms with van der Waals surface area (Å²) in [6.07, 6.45) is 15.1. The Kier molecular flexibility index (Phi) is 11.4. The molecule has 1 rings (SSSR count). The molecule has 24 heavy (non-hydrogen) atoms. The van der Waals surface area contributed by atoms with Crippen LogP contribution in [0.3, 0.4) is 0 Å². The maximum atomic E-state index is 11.0. The Hall–Kier alpha value is -0.570. The number of carbonyl (C=O) groups excluding carboxylic acids is 1. The van der Waals surface area contributed by atoms with Crippen LogP contribution in [-0.2, 0) is 14.3 Å². The minimum atomic E-state index is -0.0787. The van der Waals surface area contributed by atoms with E-state index < -0.39 is 0 Å². The van der Waals surface area contributed by atoms with Crippen molar-refractivity contribution < 1.29 is 14.3 Å². The van der Waals surface area contributed by atoms with Crippen LogP contribution in [0.1, 0.15) is 97.8 Å². The van der Waals surface area contributed by atoms with Crippen molar-refractivity contribution in [1.82, 2.24) is 0 Å². The first kappa shape index (κ1) is 21.5. The lowest BCUT2D eigenvalue weighted by Gasteiger charge is -2.15. The van der Waals surface area contributed by atoms with E-state index in [2.05, 4.69) is 25.5 Å². The summed E-state index contributed by atoms with van der Waals surface area (Å²) < 4.78 is 11.0. The van der Waals surface area contributed by atoms with Crippen LogP contribution in [0.2, 0.25) is 0 Å². The number of rotatable bonds is 13. The first-order chi connectivity index (χ1) is 11.6. The van der Waals surface area contributed by atoms with Gasteiger partial charge in [-0.15, -0.1) is 0 Å². The average molecular weight is 341 g/mol. The molecular formula is C21H40O3. The second-order valence-electron chi connectivity index (χ2n) is 7.66.